The summed E-state index contributed by atoms with van der Waals surface area (Å²) in [6.45, 7) is 11.0. The van der Waals surface area contributed by atoms with E-state index in [4.69, 9.17) is 16.3 Å². The van der Waals surface area contributed by atoms with Gasteiger partial charge in [-0.05, 0) is 107 Å². The van der Waals surface area contributed by atoms with E-state index in [9.17, 15) is 19.2 Å². The zero-order chi connectivity index (χ0) is 38.5. The minimum Gasteiger partial charge on any atom is -0.495 e. The van der Waals surface area contributed by atoms with Gasteiger partial charge in [0.05, 0.1) is 30.1 Å². The van der Waals surface area contributed by atoms with Crippen LogP contribution in [0.4, 0.5) is 0 Å². The van der Waals surface area contributed by atoms with Crippen molar-refractivity contribution < 1.29 is 19.1 Å². The molecule has 2 amide bonds. The number of unbranched alkanes of at least 4 members (excludes halogenated alkanes) is 3. The maximum atomic E-state index is 12.3. The maximum absolute atomic E-state index is 12.3. The number of amides is 2. The highest BCUT2D eigenvalue weighted by molar-refractivity contribution is 7.99. The Bertz CT molecular complexity index is 1770. The summed E-state index contributed by atoms with van der Waals surface area (Å²) in [5.41, 5.74) is 2.17. The predicted molar refractivity (Wildman–Crippen MR) is 220 cm³/mol. The molecule has 2 N–H and O–H groups in total. The first-order chi connectivity index (χ1) is 25.4. The van der Waals surface area contributed by atoms with Crippen molar-refractivity contribution in [1.82, 2.24) is 19.6 Å². The molecule has 1 saturated heterocycles. The molecule has 1 aliphatic heterocycles. The molecule has 290 valence electrons. The Kier molecular flexibility index (Phi) is 16.5. The Balaban J connectivity index is 0.000000196. The van der Waals surface area contributed by atoms with E-state index < -0.39 is 0 Å². The van der Waals surface area contributed by atoms with Crippen molar-refractivity contribution in [3.05, 3.63) is 56.7 Å². The molecule has 53 heavy (non-hydrogen) atoms. The molecule has 3 aliphatic rings. The number of fused-ring (bicyclic) bond motifs is 1. The Morgan fingerprint density at radius 1 is 1.25 bits per heavy atom. The Morgan fingerprint density at radius 3 is 2.66 bits per heavy atom. The number of methoxy groups -OCH3 is 1. The number of aromatic amines is 1. The van der Waals surface area contributed by atoms with Gasteiger partial charge in [-0.15, -0.1) is 11.3 Å². The van der Waals surface area contributed by atoms with Gasteiger partial charge in [-0.2, -0.15) is 0 Å². The number of ether oxygens (including phenoxy) is 1. The number of hydrogen-bond acceptors (Lipinski definition) is 8. The molecule has 1 aromatic carbocycles. The summed E-state index contributed by atoms with van der Waals surface area (Å²) < 4.78 is 8.17. The molecule has 6 rings (SSSR count). The molecule has 2 aliphatic carbocycles. The first-order valence-electron chi connectivity index (χ1n) is 19.1. The minimum absolute atomic E-state index is 0.0883. The number of H-pyrrole nitrogens is 1. The highest BCUT2D eigenvalue weighted by Crippen LogP contribution is 2.46. The molecule has 1 unspecified atom stereocenters. The monoisotopic (exact) mass is 784 g/mol. The van der Waals surface area contributed by atoms with E-state index in [0.717, 1.165) is 67.6 Å². The first-order valence-corrected chi connectivity index (χ1v) is 21.2. The fraction of sp³-hybridized carbons (Fsp3) is 0.585. The summed E-state index contributed by atoms with van der Waals surface area (Å²) in [7, 11) is 1.55. The van der Waals surface area contributed by atoms with Crippen molar-refractivity contribution in [1.29, 1.82) is 0 Å². The minimum atomic E-state index is -0.139. The SMILES string of the molecule is CC1(SNC=O)CC1.CCCC1C[C@H]1/C=C\CCCCCC(=O)N1CCC[C@H]1C(C)=O.COc1ccc2c(=O)cc(-c3nc(C(C)C)cs3)[nH]c2c1Cl. The fourth-order valence-corrected chi connectivity index (χ4v) is 8.36. The Labute approximate surface area is 328 Å². The number of pyridine rings is 1. The normalized spacial score (nSPS) is 19.7. The maximum Gasteiger partial charge on any atom is 0.223 e. The van der Waals surface area contributed by atoms with Gasteiger partial charge >= 0.3 is 0 Å². The van der Waals surface area contributed by atoms with Gasteiger partial charge in [-0.3, -0.25) is 19.2 Å². The number of ketones is 1. The number of hydrogen-bond donors (Lipinski definition) is 2. The van der Waals surface area contributed by atoms with Crippen LogP contribution >= 0.6 is 34.9 Å². The molecule has 0 radical (unpaired) electrons. The van der Waals surface area contributed by atoms with E-state index in [1.807, 2.05) is 10.3 Å². The van der Waals surface area contributed by atoms with Crippen molar-refractivity contribution in [2.75, 3.05) is 13.7 Å². The number of carbonyl (C=O) groups excluding carboxylic acids is 3. The van der Waals surface area contributed by atoms with Crippen LogP contribution in [0.1, 0.15) is 123 Å². The van der Waals surface area contributed by atoms with Crippen LogP contribution in [0.2, 0.25) is 5.02 Å². The highest BCUT2D eigenvalue weighted by Gasteiger charge is 2.38. The summed E-state index contributed by atoms with van der Waals surface area (Å²) in [5.74, 6) is 3.02. The number of nitrogens with zero attached hydrogens (tertiary/aromatic N) is 2. The molecule has 2 saturated carbocycles. The molecule has 3 heterocycles. The van der Waals surface area contributed by atoms with Crippen LogP contribution in [0.3, 0.4) is 0 Å². The number of benzene rings is 1. The molecule has 9 nitrogen and oxygen atoms in total. The second-order valence-corrected chi connectivity index (χ2v) is 17.6. The molecule has 0 bridgehead atoms. The number of carbonyl (C=O) groups is 3. The van der Waals surface area contributed by atoms with Gasteiger partial charge < -0.3 is 19.3 Å². The van der Waals surface area contributed by atoms with Crippen LogP contribution in [0.25, 0.3) is 21.6 Å². The third-order valence-electron chi connectivity index (χ3n) is 10.1. The van der Waals surface area contributed by atoms with E-state index in [1.54, 1.807) is 32.2 Å². The van der Waals surface area contributed by atoms with E-state index in [2.05, 4.69) is 54.5 Å². The second-order valence-electron chi connectivity index (χ2n) is 14.9. The molecule has 0 spiro atoms. The fourth-order valence-electron chi connectivity index (χ4n) is 6.48. The van der Waals surface area contributed by atoms with Crippen molar-refractivity contribution in [2.24, 2.45) is 11.8 Å². The third-order valence-corrected chi connectivity index (χ3v) is 12.5. The van der Waals surface area contributed by atoms with Crippen LogP contribution in [0.15, 0.2) is 40.5 Å². The number of halogens is 1. The predicted octanol–water partition coefficient (Wildman–Crippen LogP) is 9.88. The molecule has 3 atom stereocenters. The van der Waals surface area contributed by atoms with Crippen LogP contribution in [-0.2, 0) is 14.4 Å². The van der Waals surface area contributed by atoms with Gasteiger partial charge in [0.15, 0.2) is 11.2 Å². The summed E-state index contributed by atoms with van der Waals surface area (Å²) in [5, 5.41) is 3.73. The highest BCUT2D eigenvalue weighted by atomic mass is 35.5. The Morgan fingerprint density at radius 2 is 2.02 bits per heavy atom. The summed E-state index contributed by atoms with van der Waals surface area (Å²) in [6.07, 6.45) is 18.8. The summed E-state index contributed by atoms with van der Waals surface area (Å²) in [6, 6.07) is 4.83. The number of likely N-dealkylation sites (tertiary alicyclic amines) is 1. The van der Waals surface area contributed by atoms with Crippen LogP contribution in [0, 0.1) is 11.8 Å². The van der Waals surface area contributed by atoms with Crippen molar-refractivity contribution in [2.45, 2.75) is 128 Å². The number of Topliss-reactive ketones (excluding diaryl/α,β-unsaturated/α-hetero) is 1. The lowest BCUT2D eigenvalue weighted by molar-refractivity contribution is -0.137. The summed E-state index contributed by atoms with van der Waals surface area (Å²) >= 11 is 9.35. The van der Waals surface area contributed by atoms with E-state index in [-0.39, 0.29) is 23.2 Å². The van der Waals surface area contributed by atoms with Crippen molar-refractivity contribution in [3.8, 4) is 16.5 Å². The lowest BCUT2D eigenvalue weighted by atomic mass is 10.1. The average Bonchev–Trinajstić information content (AvgIpc) is 3.88. The third kappa shape index (κ3) is 12.7. The smallest absolute Gasteiger partial charge is 0.223 e. The van der Waals surface area contributed by atoms with Gasteiger partial charge in [0.25, 0.3) is 0 Å². The van der Waals surface area contributed by atoms with Crippen molar-refractivity contribution in [3.63, 3.8) is 0 Å². The van der Waals surface area contributed by atoms with Crippen LogP contribution in [0.5, 0.6) is 5.75 Å². The van der Waals surface area contributed by atoms with Crippen LogP contribution in [-0.4, -0.2) is 57.4 Å². The lowest BCUT2D eigenvalue weighted by Gasteiger charge is -2.22. The molecule has 12 heteroatoms. The Hall–Kier alpha value is -3.15. The van der Waals surface area contributed by atoms with Gasteiger partial charge in [0.2, 0.25) is 12.3 Å². The average molecular weight is 786 g/mol. The van der Waals surface area contributed by atoms with Gasteiger partial charge in [-0.1, -0.05) is 63.8 Å². The first kappa shape index (κ1) is 42.6. The van der Waals surface area contributed by atoms with Crippen LogP contribution < -0.4 is 14.9 Å². The number of nitrogens with one attached hydrogen (secondary N) is 2. The molecule has 3 aromatic rings. The van der Waals surface area contributed by atoms with E-state index in [1.165, 1.54) is 61.8 Å². The second kappa shape index (κ2) is 20.5. The van der Waals surface area contributed by atoms with E-state index >= 15 is 0 Å². The number of thiazole rings is 1. The number of allylic oxidation sites excluding steroid dienone is 2. The molecular formula is C41H57ClN4O5S2. The van der Waals surface area contributed by atoms with E-state index in [0.29, 0.717) is 44.5 Å². The van der Waals surface area contributed by atoms with Gasteiger partial charge in [-0.25, -0.2) is 4.98 Å². The molecular weight excluding hydrogens is 728 g/mol. The van der Waals surface area contributed by atoms with Crippen molar-refractivity contribution >= 4 is 63.9 Å². The summed E-state index contributed by atoms with van der Waals surface area (Å²) in [4.78, 5) is 55.4. The largest absolute Gasteiger partial charge is 0.495 e. The van der Waals surface area contributed by atoms with Gasteiger partial charge in [0.1, 0.15) is 15.8 Å². The standard InChI is InChI=1S/C20H33NO2.C16H15ClN2O2S.C5H9NOS/c1-3-10-17-15-18(17)11-7-5-4-6-8-13-20(23)21-14-9-12-19(21)16(2)22;1-8(2)11-7-22-16(19-11)10-6-12(20)9-4-5-13(21-3)14(17)15(9)18-10;1-5(2-3-5)8-6-4-7/h7,11,17-19H,3-6,8-10,12-15H2,1-2H3;4-8H,1-3H3,(H,18,20);4H,2-3H2,1H3,(H,6,7)/b11-7-;;/t17?,18-,19+;;/m1../s1. The molecule has 3 fully saturated rings. The van der Waals surface area contributed by atoms with Gasteiger partial charge in [0, 0.05) is 34.5 Å². The zero-order valence-electron chi connectivity index (χ0n) is 32.2. The molecule has 2 aromatic heterocycles. The lowest BCUT2D eigenvalue weighted by Crippen LogP contribution is -2.39. The number of aromatic nitrogens is 2. The topological polar surface area (TPSA) is 121 Å². The quantitative estimate of drug-likeness (QED) is 0.0642. The number of rotatable bonds is 16. The zero-order valence-corrected chi connectivity index (χ0v) is 34.6.